The van der Waals surface area contributed by atoms with Gasteiger partial charge in [-0.25, -0.2) is 0 Å². The standard InChI is InChI=1S/C19H24N2O2S/c1-15-7-6-8-16(13-15)23-12-11-21(2)14-19(22)20-17-9-4-5-10-18(17)24-3/h4-10,13H,11-12,14H2,1-3H3,(H,20,22). The minimum atomic E-state index is -0.0189. The Balaban J connectivity index is 1.75. The number of likely N-dealkylation sites (N-methyl/N-ethyl adjacent to an activating group) is 1. The SMILES string of the molecule is CSc1ccccc1NC(=O)CN(C)CCOc1cccc(C)c1. The van der Waals surface area contributed by atoms with Crippen LogP contribution in [-0.2, 0) is 4.79 Å². The molecule has 24 heavy (non-hydrogen) atoms. The number of hydrogen-bond acceptors (Lipinski definition) is 4. The summed E-state index contributed by atoms with van der Waals surface area (Å²) in [6.07, 6.45) is 2.00. The van der Waals surface area contributed by atoms with Gasteiger partial charge in [-0.1, -0.05) is 24.3 Å². The summed E-state index contributed by atoms with van der Waals surface area (Å²) in [5.74, 6) is 0.844. The number of rotatable bonds is 8. The maximum atomic E-state index is 12.2. The Morgan fingerprint density at radius 2 is 2.00 bits per heavy atom. The second-order valence-electron chi connectivity index (χ2n) is 5.65. The summed E-state index contributed by atoms with van der Waals surface area (Å²) in [6, 6.07) is 15.8. The number of anilines is 1. The largest absolute Gasteiger partial charge is 0.492 e. The number of amides is 1. The van der Waals surface area contributed by atoms with Gasteiger partial charge in [0.05, 0.1) is 12.2 Å². The molecule has 4 nitrogen and oxygen atoms in total. The molecule has 0 atom stereocenters. The molecule has 0 aromatic heterocycles. The molecule has 0 aliphatic carbocycles. The quantitative estimate of drug-likeness (QED) is 0.742. The van der Waals surface area contributed by atoms with Gasteiger partial charge >= 0.3 is 0 Å². The Bertz CT molecular complexity index is 676. The molecule has 1 amide bonds. The molecule has 0 saturated heterocycles. The smallest absolute Gasteiger partial charge is 0.238 e. The first-order valence-corrected chi connectivity index (χ1v) is 9.12. The van der Waals surface area contributed by atoms with E-state index in [0.717, 1.165) is 16.3 Å². The molecule has 0 spiro atoms. The highest BCUT2D eigenvalue weighted by Gasteiger charge is 2.09. The van der Waals surface area contributed by atoms with Crippen molar-refractivity contribution in [1.82, 2.24) is 4.90 Å². The monoisotopic (exact) mass is 344 g/mol. The zero-order valence-corrected chi connectivity index (χ0v) is 15.2. The summed E-state index contributed by atoms with van der Waals surface area (Å²) >= 11 is 1.62. The topological polar surface area (TPSA) is 41.6 Å². The van der Waals surface area contributed by atoms with Crippen molar-refractivity contribution in [2.24, 2.45) is 0 Å². The number of benzene rings is 2. The molecule has 0 fully saturated rings. The van der Waals surface area contributed by atoms with Crippen molar-refractivity contribution in [3.05, 3.63) is 54.1 Å². The number of aryl methyl sites for hydroxylation is 1. The van der Waals surface area contributed by atoms with Crippen LogP contribution in [0.2, 0.25) is 0 Å². The normalized spacial score (nSPS) is 10.7. The van der Waals surface area contributed by atoms with Gasteiger partial charge in [-0.15, -0.1) is 11.8 Å². The van der Waals surface area contributed by atoms with Crippen molar-refractivity contribution in [2.45, 2.75) is 11.8 Å². The van der Waals surface area contributed by atoms with E-state index >= 15 is 0 Å². The van der Waals surface area contributed by atoms with E-state index in [-0.39, 0.29) is 5.91 Å². The first-order chi connectivity index (χ1) is 11.6. The number of para-hydroxylation sites is 1. The van der Waals surface area contributed by atoms with Gasteiger partial charge in [-0.2, -0.15) is 0 Å². The summed E-state index contributed by atoms with van der Waals surface area (Å²) in [4.78, 5) is 15.2. The summed E-state index contributed by atoms with van der Waals surface area (Å²) in [7, 11) is 1.92. The van der Waals surface area contributed by atoms with E-state index in [1.54, 1.807) is 11.8 Å². The van der Waals surface area contributed by atoms with Gasteiger partial charge in [-0.3, -0.25) is 9.69 Å². The van der Waals surface area contributed by atoms with E-state index in [9.17, 15) is 4.79 Å². The predicted molar refractivity (Wildman–Crippen MR) is 101 cm³/mol. The van der Waals surface area contributed by atoms with Crippen molar-refractivity contribution >= 4 is 23.4 Å². The molecule has 2 aromatic rings. The van der Waals surface area contributed by atoms with Crippen LogP contribution >= 0.6 is 11.8 Å². The molecular formula is C19H24N2O2S. The molecule has 0 saturated carbocycles. The molecule has 0 radical (unpaired) electrons. The second-order valence-corrected chi connectivity index (χ2v) is 6.50. The van der Waals surface area contributed by atoms with Gasteiger partial charge in [0.1, 0.15) is 12.4 Å². The summed E-state index contributed by atoms with van der Waals surface area (Å²) < 4.78 is 5.72. The van der Waals surface area contributed by atoms with Crippen LogP contribution in [0.4, 0.5) is 5.69 Å². The number of nitrogens with one attached hydrogen (secondary N) is 1. The van der Waals surface area contributed by atoms with Crippen molar-refractivity contribution in [1.29, 1.82) is 0 Å². The van der Waals surface area contributed by atoms with Crippen LogP contribution in [0.5, 0.6) is 5.75 Å². The van der Waals surface area contributed by atoms with Gasteiger partial charge in [-0.05, 0) is 50.1 Å². The highest BCUT2D eigenvalue weighted by atomic mass is 32.2. The van der Waals surface area contributed by atoms with Crippen LogP contribution in [0.1, 0.15) is 5.56 Å². The zero-order chi connectivity index (χ0) is 17.4. The molecule has 128 valence electrons. The van der Waals surface area contributed by atoms with Gasteiger partial charge in [0.15, 0.2) is 0 Å². The molecule has 2 aromatic carbocycles. The fourth-order valence-corrected chi connectivity index (χ4v) is 2.84. The highest BCUT2D eigenvalue weighted by molar-refractivity contribution is 7.98. The van der Waals surface area contributed by atoms with Gasteiger partial charge in [0, 0.05) is 11.4 Å². The van der Waals surface area contributed by atoms with Crippen LogP contribution in [0.25, 0.3) is 0 Å². The summed E-state index contributed by atoms with van der Waals surface area (Å²) in [6.45, 7) is 3.61. The number of nitrogens with zero attached hydrogens (tertiary/aromatic N) is 1. The summed E-state index contributed by atoms with van der Waals surface area (Å²) in [5.41, 5.74) is 2.03. The summed E-state index contributed by atoms with van der Waals surface area (Å²) in [5, 5.41) is 2.97. The molecule has 2 rings (SSSR count). The predicted octanol–water partition coefficient (Wildman–Crippen LogP) is 3.67. The average Bonchev–Trinajstić information content (AvgIpc) is 2.55. The first-order valence-electron chi connectivity index (χ1n) is 7.89. The Labute approximate surface area is 148 Å². The van der Waals surface area contributed by atoms with Crippen molar-refractivity contribution in [3.63, 3.8) is 0 Å². The van der Waals surface area contributed by atoms with Crippen molar-refractivity contribution in [3.8, 4) is 5.75 Å². The Morgan fingerprint density at radius 1 is 1.21 bits per heavy atom. The van der Waals surface area contributed by atoms with Crippen molar-refractivity contribution in [2.75, 3.05) is 38.3 Å². The second kappa shape index (κ2) is 9.35. The van der Waals surface area contributed by atoms with E-state index in [4.69, 9.17) is 4.74 Å². The minimum absolute atomic E-state index is 0.0189. The number of carbonyl (C=O) groups excluding carboxylic acids is 1. The van der Waals surface area contributed by atoms with E-state index in [0.29, 0.717) is 19.7 Å². The third kappa shape index (κ3) is 5.91. The Morgan fingerprint density at radius 3 is 2.75 bits per heavy atom. The number of carbonyl (C=O) groups is 1. The molecule has 0 aliphatic heterocycles. The fraction of sp³-hybridized carbons (Fsp3) is 0.316. The molecule has 0 unspecified atom stereocenters. The molecule has 0 aliphatic rings. The lowest BCUT2D eigenvalue weighted by Crippen LogP contribution is -2.33. The van der Waals surface area contributed by atoms with Gasteiger partial charge in [0.25, 0.3) is 0 Å². The van der Waals surface area contributed by atoms with Crippen LogP contribution in [0.3, 0.4) is 0 Å². The maximum Gasteiger partial charge on any atom is 0.238 e. The van der Waals surface area contributed by atoms with Crippen molar-refractivity contribution < 1.29 is 9.53 Å². The Hall–Kier alpha value is -1.98. The van der Waals surface area contributed by atoms with Gasteiger partial charge in [0.2, 0.25) is 5.91 Å². The van der Waals surface area contributed by atoms with Crippen LogP contribution in [-0.4, -0.2) is 43.8 Å². The lowest BCUT2D eigenvalue weighted by Gasteiger charge is -2.17. The number of thioether (sulfide) groups is 1. The molecule has 0 heterocycles. The average molecular weight is 344 g/mol. The lowest BCUT2D eigenvalue weighted by molar-refractivity contribution is -0.117. The lowest BCUT2D eigenvalue weighted by atomic mass is 10.2. The molecule has 5 heteroatoms. The first kappa shape index (κ1) is 18.4. The van der Waals surface area contributed by atoms with E-state index in [1.807, 2.05) is 73.7 Å². The number of hydrogen-bond donors (Lipinski definition) is 1. The molecule has 1 N–H and O–H groups in total. The number of ether oxygens (including phenoxy) is 1. The molecule has 0 bridgehead atoms. The van der Waals surface area contributed by atoms with Crippen LogP contribution < -0.4 is 10.1 Å². The van der Waals surface area contributed by atoms with E-state index in [1.165, 1.54) is 5.56 Å². The van der Waals surface area contributed by atoms with E-state index in [2.05, 4.69) is 5.32 Å². The van der Waals surface area contributed by atoms with Gasteiger partial charge < -0.3 is 10.1 Å². The zero-order valence-electron chi connectivity index (χ0n) is 14.4. The third-order valence-electron chi connectivity index (χ3n) is 3.53. The highest BCUT2D eigenvalue weighted by Crippen LogP contribution is 2.24. The van der Waals surface area contributed by atoms with E-state index < -0.39 is 0 Å². The van der Waals surface area contributed by atoms with Crippen LogP contribution in [0.15, 0.2) is 53.4 Å². The van der Waals surface area contributed by atoms with Crippen LogP contribution in [0, 0.1) is 6.92 Å². The Kier molecular flexibility index (Phi) is 7.15. The maximum absolute atomic E-state index is 12.2. The minimum Gasteiger partial charge on any atom is -0.492 e. The molecular weight excluding hydrogens is 320 g/mol. The third-order valence-corrected chi connectivity index (χ3v) is 4.32. The fourth-order valence-electron chi connectivity index (χ4n) is 2.29.